The first kappa shape index (κ1) is 33.8. The van der Waals surface area contributed by atoms with Crippen molar-refractivity contribution in [2.24, 2.45) is 5.41 Å². The van der Waals surface area contributed by atoms with Gasteiger partial charge in [-0.15, -0.1) is 11.3 Å². The van der Waals surface area contributed by atoms with Gasteiger partial charge in [-0.3, -0.25) is 14.5 Å². The van der Waals surface area contributed by atoms with Crippen LogP contribution >= 0.6 is 11.3 Å². The number of carbonyl (C=O) groups excluding carboxylic acids is 3. The van der Waals surface area contributed by atoms with Gasteiger partial charge in [-0.25, -0.2) is 9.78 Å². The number of aliphatic hydroxyl groups is 1. The molecule has 3 N–H and O–H groups in total. The van der Waals surface area contributed by atoms with Crippen LogP contribution in [-0.4, -0.2) is 101 Å². The number of likely N-dealkylation sites (tertiary alicyclic amines) is 1. The average Bonchev–Trinajstić information content (AvgIpc) is 3.55. The number of hydrogen-bond donors (Lipinski definition) is 3. The van der Waals surface area contributed by atoms with E-state index < -0.39 is 41.2 Å². The van der Waals surface area contributed by atoms with E-state index in [1.165, 1.54) is 4.90 Å². The Labute approximate surface area is 264 Å². The monoisotopic (exact) mass is 629 g/mol. The SMILES string of the molecule is Cc1ncsc1-c1ccc([C@H](CN2CCOCC2)NC(=O)[C@@H]2C[C@@H](O)CN2C(=O)[C@@H](NC(=O)OC(C)(C)C)C(C)(C)C)cc1. The topological polar surface area (TPSA) is 133 Å². The lowest BCUT2D eigenvalue weighted by atomic mass is 9.85. The van der Waals surface area contributed by atoms with Crippen molar-refractivity contribution in [1.82, 2.24) is 25.4 Å². The van der Waals surface area contributed by atoms with Crippen LogP contribution in [0.5, 0.6) is 0 Å². The van der Waals surface area contributed by atoms with Gasteiger partial charge in [0.1, 0.15) is 17.7 Å². The van der Waals surface area contributed by atoms with Gasteiger partial charge in [0.2, 0.25) is 11.8 Å². The highest BCUT2D eigenvalue weighted by molar-refractivity contribution is 7.13. The van der Waals surface area contributed by atoms with Crippen LogP contribution in [-0.2, 0) is 19.1 Å². The van der Waals surface area contributed by atoms with E-state index >= 15 is 0 Å². The Morgan fingerprint density at radius 1 is 1.09 bits per heavy atom. The summed E-state index contributed by atoms with van der Waals surface area (Å²) in [6.07, 6.45) is -1.47. The number of nitrogens with zero attached hydrogens (tertiary/aromatic N) is 3. The van der Waals surface area contributed by atoms with Crippen molar-refractivity contribution in [3.05, 3.63) is 41.0 Å². The number of nitrogens with one attached hydrogen (secondary N) is 2. The Morgan fingerprint density at radius 3 is 2.32 bits per heavy atom. The summed E-state index contributed by atoms with van der Waals surface area (Å²) in [5.41, 5.74) is 3.38. The predicted molar refractivity (Wildman–Crippen MR) is 169 cm³/mol. The summed E-state index contributed by atoms with van der Waals surface area (Å²) in [6, 6.07) is 5.91. The van der Waals surface area contributed by atoms with Crippen molar-refractivity contribution >= 4 is 29.2 Å². The zero-order valence-electron chi connectivity index (χ0n) is 26.9. The van der Waals surface area contributed by atoms with Crippen molar-refractivity contribution in [3.8, 4) is 10.4 Å². The van der Waals surface area contributed by atoms with Crippen molar-refractivity contribution in [1.29, 1.82) is 0 Å². The smallest absolute Gasteiger partial charge is 0.408 e. The third-order valence-corrected chi connectivity index (χ3v) is 8.80. The molecule has 0 spiro atoms. The molecule has 4 atom stereocenters. The number of carbonyl (C=O) groups is 3. The quantitative estimate of drug-likeness (QED) is 0.404. The molecule has 0 radical (unpaired) electrons. The summed E-state index contributed by atoms with van der Waals surface area (Å²) < 4.78 is 10.9. The molecule has 4 rings (SSSR count). The van der Waals surface area contributed by atoms with E-state index in [1.54, 1.807) is 32.1 Å². The standard InChI is InChI=1S/C32H47N5O6S/c1-20-26(44-19-33-20)22-10-8-21(9-11-22)24(18-36-12-14-42-15-13-36)34-28(39)25-16-23(38)17-37(25)29(40)27(31(2,3)4)35-30(41)43-32(5,6)7/h8-11,19,23-25,27,38H,12-18H2,1-7H3,(H,34,39)(H,35,41)/t23-,24+,25+,27-/m1/s1. The fraction of sp³-hybridized carbons (Fsp3) is 0.625. The van der Waals surface area contributed by atoms with Crippen LogP contribution in [0.4, 0.5) is 4.79 Å². The molecular weight excluding hydrogens is 582 g/mol. The van der Waals surface area contributed by atoms with Crippen molar-refractivity contribution < 1.29 is 29.0 Å². The van der Waals surface area contributed by atoms with Gasteiger partial charge in [-0.2, -0.15) is 0 Å². The second-order valence-corrected chi connectivity index (χ2v) is 14.6. The van der Waals surface area contributed by atoms with Gasteiger partial charge in [0.05, 0.1) is 41.4 Å². The first-order chi connectivity index (χ1) is 20.6. The molecule has 0 unspecified atom stereocenters. The summed E-state index contributed by atoms with van der Waals surface area (Å²) in [6.45, 7) is 16.1. The summed E-state index contributed by atoms with van der Waals surface area (Å²) >= 11 is 1.59. The molecule has 2 aromatic rings. The van der Waals surface area contributed by atoms with Crippen LogP contribution < -0.4 is 10.6 Å². The minimum absolute atomic E-state index is 0.00345. The molecule has 0 aliphatic carbocycles. The van der Waals surface area contributed by atoms with E-state index in [-0.39, 0.29) is 24.9 Å². The van der Waals surface area contributed by atoms with E-state index in [2.05, 4.69) is 20.5 Å². The highest BCUT2D eigenvalue weighted by atomic mass is 32.1. The number of thiazole rings is 1. The zero-order chi connectivity index (χ0) is 32.2. The zero-order valence-corrected chi connectivity index (χ0v) is 27.7. The molecular formula is C32H47N5O6S. The van der Waals surface area contributed by atoms with Gasteiger partial charge in [0.25, 0.3) is 0 Å². The van der Waals surface area contributed by atoms with Gasteiger partial charge < -0.3 is 30.1 Å². The van der Waals surface area contributed by atoms with Crippen LogP contribution in [0.2, 0.25) is 0 Å². The van der Waals surface area contributed by atoms with Gasteiger partial charge in [0.15, 0.2) is 0 Å². The lowest BCUT2D eigenvalue weighted by Gasteiger charge is -2.36. The van der Waals surface area contributed by atoms with Crippen molar-refractivity contribution in [2.45, 2.75) is 84.7 Å². The fourth-order valence-corrected chi connectivity index (χ4v) is 6.35. The number of rotatable bonds is 8. The fourth-order valence-electron chi connectivity index (χ4n) is 5.54. The normalized spacial score (nSPS) is 21.0. The molecule has 2 aliphatic rings. The minimum Gasteiger partial charge on any atom is -0.444 e. The molecule has 1 aromatic carbocycles. The summed E-state index contributed by atoms with van der Waals surface area (Å²) in [7, 11) is 0. The number of amides is 3. The van der Waals surface area contributed by atoms with Crippen LogP contribution in [0.15, 0.2) is 29.8 Å². The molecule has 242 valence electrons. The third kappa shape index (κ3) is 8.77. The number of ether oxygens (including phenoxy) is 2. The van der Waals surface area contributed by atoms with Crippen molar-refractivity contribution in [3.63, 3.8) is 0 Å². The molecule has 3 heterocycles. The molecule has 0 bridgehead atoms. The number of aryl methyl sites for hydroxylation is 1. The second-order valence-electron chi connectivity index (χ2n) is 13.7. The van der Waals surface area contributed by atoms with Gasteiger partial charge >= 0.3 is 6.09 Å². The van der Waals surface area contributed by atoms with E-state index in [0.717, 1.165) is 34.8 Å². The number of morpholine rings is 1. The number of β-amino-alcohol motifs (C(OH)–C–C–N with tert-alkyl or cyclic N) is 1. The molecule has 3 amide bonds. The molecule has 2 fully saturated rings. The lowest BCUT2D eigenvalue weighted by molar-refractivity contribution is -0.142. The molecule has 1 aromatic heterocycles. The minimum atomic E-state index is -0.968. The highest BCUT2D eigenvalue weighted by Crippen LogP contribution is 2.30. The van der Waals surface area contributed by atoms with Crippen LogP contribution in [0.1, 0.15) is 65.3 Å². The Kier molecular flexibility index (Phi) is 10.7. The van der Waals surface area contributed by atoms with E-state index in [4.69, 9.17) is 9.47 Å². The van der Waals surface area contributed by atoms with Gasteiger partial charge in [-0.05, 0) is 44.2 Å². The maximum atomic E-state index is 13.9. The number of hydrogen-bond acceptors (Lipinski definition) is 9. The maximum absolute atomic E-state index is 13.9. The third-order valence-electron chi connectivity index (χ3n) is 7.82. The van der Waals surface area contributed by atoms with Crippen LogP contribution in [0.25, 0.3) is 10.4 Å². The Morgan fingerprint density at radius 2 is 1.75 bits per heavy atom. The molecule has 12 heteroatoms. The highest BCUT2D eigenvalue weighted by Gasteiger charge is 2.45. The maximum Gasteiger partial charge on any atom is 0.408 e. The summed E-state index contributed by atoms with van der Waals surface area (Å²) in [5, 5.41) is 16.5. The summed E-state index contributed by atoms with van der Waals surface area (Å²) in [4.78, 5) is 49.7. The molecule has 44 heavy (non-hydrogen) atoms. The lowest BCUT2D eigenvalue weighted by Crippen LogP contribution is -2.58. The van der Waals surface area contributed by atoms with E-state index in [0.29, 0.717) is 19.8 Å². The Bertz CT molecular complexity index is 1300. The second kappa shape index (κ2) is 13.9. The van der Waals surface area contributed by atoms with Crippen LogP contribution in [0.3, 0.4) is 0 Å². The van der Waals surface area contributed by atoms with Gasteiger partial charge in [0, 0.05) is 32.6 Å². The van der Waals surface area contributed by atoms with Gasteiger partial charge in [-0.1, -0.05) is 45.0 Å². The first-order valence-corrected chi connectivity index (χ1v) is 16.1. The molecule has 11 nitrogen and oxygen atoms in total. The first-order valence-electron chi connectivity index (χ1n) is 15.2. The van der Waals surface area contributed by atoms with Crippen molar-refractivity contribution in [2.75, 3.05) is 39.4 Å². The van der Waals surface area contributed by atoms with E-state index in [9.17, 15) is 19.5 Å². The molecule has 2 aliphatic heterocycles. The van der Waals surface area contributed by atoms with E-state index in [1.807, 2.05) is 57.5 Å². The summed E-state index contributed by atoms with van der Waals surface area (Å²) in [5.74, 6) is -0.783. The average molecular weight is 630 g/mol. The number of aliphatic hydroxyl groups excluding tert-OH is 1. The number of alkyl carbamates (subject to hydrolysis) is 1. The Balaban J connectivity index is 1.55. The molecule has 0 saturated carbocycles. The Hall–Kier alpha value is -3.06. The van der Waals surface area contributed by atoms with Crippen LogP contribution in [0, 0.1) is 12.3 Å². The largest absolute Gasteiger partial charge is 0.444 e. The number of benzene rings is 1. The molecule has 2 saturated heterocycles. The number of aromatic nitrogens is 1. The predicted octanol–water partition coefficient (Wildman–Crippen LogP) is 3.51.